The minimum Gasteiger partial charge on any atom is -0.497 e. The molecule has 0 bridgehead atoms. The van der Waals surface area contributed by atoms with Crippen LogP contribution in [-0.4, -0.2) is 48.3 Å². The quantitative estimate of drug-likeness (QED) is 0.546. The number of hydrogen-bond donors (Lipinski definition) is 0. The fraction of sp³-hybridized carbons (Fsp3) is 0.348. The monoisotopic (exact) mass is 423 g/mol. The van der Waals surface area contributed by atoms with Crippen molar-refractivity contribution in [3.8, 4) is 28.6 Å². The van der Waals surface area contributed by atoms with Gasteiger partial charge < -0.3 is 23.6 Å². The second-order valence-electron chi connectivity index (χ2n) is 7.28. The summed E-state index contributed by atoms with van der Waals surface area (Å²) >= 11 is 0. The Bertz CT molecular complexity index is 1050. The predicted octanol–water partition coefficient (Wildman–Crippen LogP) is 3.67. The lowest BCUT2D eigenvalue weighted by atomic mass is 10.1. The van der Waals surface area contributed by atoms with Crippen molar-refractivity contribution < 1.29 is 23.5 Å². The average molecular weight is 423 g/mol. The van der Waals surface area contributed by atoms with Crippen molar-refractivity contribution in [1.29, 1.82) is 0 Å². The fourth-order valence-electron chi connectivity index (χ4n) is 3.64. The number of hydrogen-bond acceptors (Lipinski definition) is 7. The highest BCUT2D eigenvalue weighted by Crippen LogP contribution is 2.33. The van der Waals surface area contributed by atoms with E-state index in [-0.39, 0.29) is 11.8 Å². The molecule has 1 atom stereocenters. The zero-order valence-corrected chi connectivity index (χ0v) is 17.8. The van der Waals surface area contributed by atoms with Crippen LogP contribution in [0, 0.1) is 0 Å². The Morgan fingerprint density at radius 2 is 1.90 bits per heavy atom. The summed E-state index contributed by atoms with van der Waals surface area (Å²) in [6.45, 7) is 3.54. The number of likely N-dealkylation sites (tertiary alicyclic amines) is 1. The third-order valence-electron chi connectivity index (χ3n) is 5.26. The second-order valence-corrected chi connectivity index (χ2v) is 7.28. The molecule has 1 unspecified atom stereocenters. The molecule has 0 saturated carbocycles. The summed E-state index contributed by atoms with van der Waals surface area (Å²) in [6.07, 6.45) is 0.352. The molecule has 1 aliphatic heterocycles. The number of carbonyl (C=O) groups is 1. The van der Waals surface area contributed by atoms with Crippen molar-refractivity contribution in [3.63, 3.8) is 0 Å². The maximum Gasteiger partial charge on any atom is 0.232 e. The van der Waals surface area contributed by atoms with E-state index in [2.05, 4.69) is 10.1 Å². The molecule has 1 aliphatic rings. The highest BCUT2D eigenvalue weighted by molar-refractivity contribution is 5.79. The standard InChI is InChI=1S/C23H25N3O5/c1-4-30-19-10-7-16(11-20(19)29-3)22-24-23(31-25-22)17-12-21(27)26(14-17)13-15-5-8-18(28-2)9-6-15/h5-11,17H,4,12-14H2,1-3H3. The van der Waals surface area contributed by atoms with Crippen LogP contribution >= 0.6 is 0 Å². The van der Waals surface area contributed by atoms with Crippen LogP contribution in [0.2, 0.25) is 0 Å². The van der Waals surface area contributed by atoms with Crippen LogP contribution in [0.15, 0.2) is 47.0 Å². The highest BCUT2D eigenvalue weighted by atomic mass is 16.5. The molecule has 0 aliphatic carbocycles. The Balaban J connectivity index is 1.46. The van der Waals surface area contributed by atoms with Gasteiger partial charge in [-0.05, 0) is 42.8 Å². The predicted molar refractivity (Wildman–Crippen MR) is 113 cm³/mol. The molecule has 0 spiro atoms. The zero-order chi connectivity index (χ0) is 21.8. The molecular formula is C23H25N3O5. The number of rotatable bonds is 8. The number of aromatic nitrogens is 2. The van der Waals surface area contributed by atoms with E-state index in [1.807, 2.05) is 54.3 Å². The first-order valence-corrected chi connectivity index (χ1v) is 10.2. The molecule has 8 nitrogen and oxygen atoms in total. The van der Waals surface area contributed by atoms with Gasteiger partial charge in [-0.25, -0.2) is 0 Å². The first-order valence-electron chi connectivity index (χ1n) is 10.2. The number of methoxy groups -OCH3 is 2. The van der Waals surface area contributed by atoms with Gasteiger partial charge in [0.1, 0.15) is 5.75 Å². The first kappa shape index (κ1) is 20.7. The molecule has 1 amide bonds. The van der Waals surface area contributed by atoms with Crippen molar-refractivity contribution in [2.75, 3.05) is 27.4 Å². The molecular weight excluding hydrogens is 398 g/mol. The lowest BCUT2D eigenvalue weighted by Gasteiger charge is -2.16. The molecule has 8 heteroatoms. The van der Waals surface area contributed by atoms with E-state index in [0.29, 0.717) is 49.3 Å². The van der Waals surface area contributed by atoms with Gasteiger partial charge in [0.05, 0.1) is 26.7 Å². The topological polar surface area (TPSA) is 86.9 Å². The summed E-state index contributed by atoms with van der Waals surface area (Å²) in [7, 11) is 3.22. The fourth-order valence-corrected chi connectivity index (χ4v) is 3.64. The Hall–Kier alpha value is -3.55. The van der Waals surface area contributed by atoms with E-state index in [0.717, 1.165) is 16.9 Å². The van der Waals surface area contributed by atoms with E-state index in [1.165, 1.54) is 0 Å². The third kappa shape index (κ3) is 4.47. The summed E-state index contributed by atoms with van der Waals surface area (Å²) < 4.78 is 21.6. The van der Waals surface area contributed by atoms with Crippen molar-refractivity contribution in [2.45, 2.75) is 25.8 Å². The van der Waals surface area contributed by atoms with E-state index in [9.17, 15) is 4.79 Å². The van der Waals surface area contributed by atoms with Gasteiger partial charge in [0, 0.05) is 25.1 Å². The lowest BCUT2D eigenvalue weighted by molar-refractivity contribution is -0.128. The van der Waals surface area contributed by atoms with E-state index < -0.39 is 0 Å². The summed E-state index contributed by atoms with van der Waals surface area (Å²) in [6, 6.07) is 13.2. The van der Waals surface area contributed by atoms with E-state index >= 15 is 0 Å². The Morgan fingerprint density at radius 1 is 1.10 bits per heavy atom. The Kier molecular flexibility index (Phi) is 6.06. The molecule has 1 aromatic heterocycles. The molecule has 2 heterocycles. The van der Waals surface area contributed by atoms with Crippen LogP contribution < -0.4 is 14.2 Å². The van der Waals surface area contributed by atoms with Gasteiger partial charge >= 0.3 is 0 Å². The Labute approximate surface area is 180 Å². The molecule has 2 aromatic carbocycles. The van der Waals surface area contributed by atoms with Gasteiger partial charge in [-0.3, -0.25) is 4.79 Å². The highest BCUT2D eigenvalue weighted by Gasteiger charge is 2.34. The summed E-state index contributed by atoms with van der Waals surface area (Å²) in [4.78, 5) is 18.9. The first-order chi connectivity index (χ1) is 15.1. The van der Waals surface area contributed by atoms with Crippen LogP contribution in [0.1, 0.15) is 30.7 Å². The summed E-state index contributed by atoms with van der Waals surface area (Å²) in [5.74, 6) is 2.92. The number of carbonyl (C=O) groups excluding carboxylic acids is 1. The van der Waals surface area contributed by atoms with Crippen molar-refractivity contribution in [3.05, 3.63) is 53.9 Å². The maximum atomic E-state index is 12.5. The minimum absolute atomic E-state index is 0.0725. The summed E-state index contributed by atoms with van der Waals surface area (Å²) in [5, 5.41) is 4.11. The smallest absolute Gasteiger partial charge is 0.232 e. The third-order valence-corrected chi connectivity index (χ3v) is 5.26. The number of ether oxygens (including phenoxy) is 3. The van der Waals surface area contributed by atoms with Crippen LogP contribution in [-0.2, 0) is 11.3 Å². The van der Waals surface area contributed by atoms with Gasteiger partial charge in [0.2, 0.25) is 17.6 Å². The van der Waals surface area contributed by atoms with E-state index in [4.69, 9.17) is 18.7 Å². The SMILES string of the molecule is CCOc1ccc(-c2noc(C3CC(=O)N(Cc4ccc(OC)cc4)C3)n2)cc1OC. The molecule has 1 saturated heterocycles. The van der Waals surface area contributed by atoms with Crippen LogP contribution in [0.25, 0.3) is 11.4 Å². The van der Waals surface area contributed by atoms with Gasteiger partial charge in [0.15, 0.2) is 11.5 Å². The molecule has 0 radical (unpaired) electrons. The molecule has 3 aromatic rings. The molecule has 4 rings (SSSR count). The van der Waals surface area contributed by atoms with Crippen molar-refractivity contribution in [1.82, 2.24) is 15.0 Å². The molecule has 1 fully saturated rings. The van der Waals surface area contributed by atoms with Crippen molar-refractivity contribution in [2.24, 2.45) is 0 Å². The number of amides is 1. The van der Waals surface area contributed by atoms with Gasteiger partial charge in [0.25, 0.3) is 0 Å². The maximum absolute atomic E-state index is 12.5. The van der Waals surface area contributed by atoms with Crippen LogP contribution in [0.4, 0.5) is 0 Å². The molecule has 162 valence electrons. The van der Waals surface area contributed by atoms with Crippen LogP contribution in [0.3, 0.4) is 0 Å². The second kappa shape index (κ2) is 9.07. The van der Waals surface area contributed by atoms with Crippen LogP contribution in [0.5, 0.6) is 17.2 Å². The normalized spacial score (nSPS) is 15.9. The largest absolute Gasteiger partial charge is 0.497 e. The minimum atomic E-state index is -0.128. The lowest BCUT2D eigenvalue weighted by Crippen LogP contribution is -2.24. The van der Waals surface area contributed by atoms with Gasteiger partial charge in [-0.2, -0.15) is 4.98 Å². The van der Waals surface area contributed by atoms with Gasteiger partial charge in [-0.1, -0.05) is 17.3 Å². The van der Waals surface area contributed by atoms with E-state index in [1.54, 1.807) is 14.2 Å². The van der Waals surface area contributed by atoms with Gasteiger partial charge in [-0.15, -0.1) is 0 Å². The summed E-state index contributed by atoms with van der Waals surface area (Å²) in [5.41, 5.74) is 1.80. The average Bonchev–Trinajstić information content (AvgIpc) is 3.42. The number of benzene rings is 2. The number of nitrogens with zero attached hydrogens (tertiary/aromatic N) is 3. The van der Waals surface area contributed by atoms with Crippen molar-refractivity contribution >= 4 is 5.91 Å². The molecule has 0 N–H and O–H groups in total. The Morgan fingerprint density at radius 3 is 2.61 bits per heavy atom. The zero-order valence-electron chi connectivity index (χ0n) is 17.8. The molecule has 31 heavy (non-hydrogen) atoms.